The van der Waals surface area contributed by atoms with Gasteiger partial charge >= 0.3 is 0 Å². The minimum atomic E-state index is 0.852. The molecule has 2 saturated carbocycles. The lowest BCUT2D eigenvalue weighted by Gasteiger charge is -2.42. The maximum absolute atomic E-state index is 2.35. The van der Waals surface area contributed by atoms with E-state index >= 15 is 0 Å². The number of hydrogen-bond acceptors (Lipinski definition) is 0. The molecule has 0 amide bonds. The van der Waals surface area contributed by atoms with Crippen LogP contribution in [0.2, 0.25) is 0 Å². The van der Waals surface area contributed by atoms with Gasteiger partial charge in [0.1, 0.15) is 0 Å². The lowest BCUT2D eigenvalue weighted by Crippen LogP contribution is -2.30. The molecule has 0 aliphatic heterocycles. The lowest BCUT2D eigenvalue weighted by atomic mass is 9.63. The van der Waals surface area contributed by atoms with E-state index in [4.69, 9.17) is 0 Å². The van der Waals surface area contributed by atoms with Gasteiger partial charge in [0.25, 0.3) is 0 Å². The Morgan fingerprint density at radius 1 is 0.895 bits per heavy atom. The Labute approximate surface area is 118 Å². The SMILES string of the molecule is CCCC1CC[C@@H]2C[C@H](c3ccccc3)CC[C@@H]2C1. The van der Waals surface area contributed by atoms with Gasteiger partial charge in [0.15, 0.2) is 0 Å². The normalized spacial score (nSPS) is 34.8. The minimum Gasteiger partial charge on any atom is -0.0654 e. The third-order valence-corrected chi connectivity index (χ3v) is 5.69. The monoisotopic (exact) mass is 256 g/mol. The van der Waals surface area contributed by atoms with E-state index in [0.717, 1.165) is 23.7 Å². The van der Waals surface area contributed by atoms with Crippen LogP contribution in [0.3, 0.4) is 0 Å². The first-order chi connectivity index (χ1) is 9.36. The summed E-state index contributed by atoms with van der Waals surface area (Å²) in [6, 6.07) is 11.2. The molecule has 0 radical (unpaired) electrons. The predicted octanol–water partition coefficient (Wildman–Crippen LogP) is 5.79. The van der Waals surface area contributed by atoms with E-state index < -0.39 is 0 Å². The van der Waals surface area contributed by atoms with Gasteiger partial charge in [-0.1, -0.05) is 56.5 Å². The van der Waals surface area contributed by atoms with Crippen LogP contribution in [0.5, 0.6) is 0 Å². The number of benzene rings is 1. The minimum absolute atomic E-state index is 0.852. The summed E-state index contributed by atoms with van der Waals surface area (Å²) >= 11 is 0. The van der Waals surface area contributed by atoms with Gasteiger partial charge < -0.3 is 0 Å². The fourth-order valence-electron chi connectivity index (χ4n) is 4.68. The van der Waals surface area contributed by atoms with Crippen LogP contribution in [0, 0.1) is 17.8 Å². The van der Waals surface area contributed by atoms with Crippen molar-refractivity contribution in [1.29, 1.82) is 0 Å². The molecule has 0 N–H and O–H groups in total. The number of fused-ring (bicyclic) bond motifs is 1. The van der Waals surface area contributed by atoms with Crippen LogP contribution >= 0.6 is 0 Å². The summed E-state index contributed by atoms with van der Waals surface area (Å²) in [6.45, 7) is 2.35. The summed E-state index contributed by atoms with van der Waals surface area (Å²) in [5.74, 6) is 4.00. The molecule has 104 valence electrons. The van der Waals surface area contributed by atoms with Crippen LogP contribution in [-0.4, -0.2) is 0 Å². The van der Waals surface area contributed by atoms with Crippen molar-refractivity contribution in [2.75, 3.05) is 0 Å². The van der Waals surface area contributed by atoms with Crippen LogP contribution in [0.1, 0.15) is 69.8 Å². The fourth-order valence-corrected chi connectivity index (χ4v) is 4.68. The molecule has 4 atom stereocenters. The Morgan fingerprint density at radius 3 is 2.42 bits per heavy atom. The van der Waals surface area contributed by atoms with Crippen molar-refractivity contribution < 1.29 is 0 Å². The third kappa shape index (κ3) is 3.04. The molecule has 0 heterocycles. The fraction of sp³-hybridized carbons (Fsp3) is 0.684. The molecule has 1 aromatic rings. The van der Waals surface area contributed by atoms with Gasteiger partial charge in [0.2, 0.25) is 0 Å². The van der Waals surface area contributed by atoms with Gasteiger partial charge in [-0.3, -0.25) is 0 Å². The van der Waals surface area contributed by atoms with Crippen molar-refractivity contribution in [3.8, 4) is 0 Å². The number of hydrogen-bond donors (Lipinski definition) is 0. The van der Waals surface area contributed by atoms with E-state index in [2.05, 4.69) is 37.3 Å². The van der Waals surface area contributed by atoms with E-state index in [1.165, 1.54) is 44.9 Å². The van der Waals surface area contributed by atoms with Gasteiger partial charge in [-0.05, 0) is 61.3 Å². The molecule has 2 aliphatic carbocycles. The molecule has 19 heavy (non-hydrogen) atoms. The van der Waals surface area contributed by atoms with Crippen molar-refractivity contribution >= 4 is 0 Å². The van der Waals surface area contributed by atoms with Gasteiger partial charge in [0.05, 0.1) is 0 Å². The molecule has 0 nitrogen and oxygen atoms in total. The van der Waals surface area contributed by atoms with Crippen LogP contribution < -0.4 is 0 Å². The highest BCUT2D eigenvalue weighted by Crippen LogP contribution is 2.48. The van der Waals surface area contributed by atoms with Crippen molar-refractivity contribution in [2.24, 2.45) is 17.8 Å². The van der Waals surface area contributed by atoms with Gasteiger partial charge in [-0.2, -0.15) is 0 Å². The molecule has 0 aromatic heterocycles. The zero-order valence-electron chi connectivity index (χ0n) is 12.4. The summed E-state index contributed by atoms with van der Waals surface area (Å²) in [7, 11) is 0. The van der Waals surface area contributed by atoms with Crippen LogP contribution in [0.15, 0.2) is 30.3 Å². The molecular weight excluding hydrogens is 228 g/mol. The number of rotatable bonds is 3. The smallest absolute Gasteiger partial charge is 0.0159 e. The molecule has 1 aromatic carbocycles. The van der Waals surface area contributed by atoms with Gasteiger partial charge in [0, 0.05) is 0 Å². The van der Waals surface area contributed by atoms with E-state index in [9.17, 15) is 0 Å². The van der Waals surface area contributed by atoms with Crippen LogP contribution in [0.4, 0.5) is 0 Å². The predicted molar refractivity (Wildman–Crippen MR) is 82.3 cm³/mol. The molecule has 1 unspecified atom stereocenters. The van der Waals surface area contributed by atoms with Gasteiger partial charge in [-0.15, -0.1) is 0 Å². The van der Waals surface area contributed by atoms with Crippen molar-refractivity contribution in [3.63, 3.8) is 0 Å². The van der Waals surface area contributed by atoms with E-state index in [1.807, 2.05) is 0 Å². The first-order valence-electron chi connectivity index (χ1n) is 8.41. The Hall–Kier alpha value is -0.780. The topological polar surface area (TPSA) is 0 Å². The average Bonchev–Trinajstić information content (AvgIpc) is 2.48. The Morgan fingerprint density at radius 2 is 1.63 bits per heavy atom. The average molecular weight is 256 g/mol. The Bertz CT molecular complexity index is 380. The molecule has 0 spiro atoms. The van der Waals surface area contributed by atoms with Crippen molar-refractivity contribution in [1.82, 2.24) is 0 Å². The van der Waals surface area contributed by atoms with E-state index in [-0.39, 0.29) is 0 Å². The molecule has 0 heteroatoms. The zero-order chi connectivity index (χ0) is 13.1. The van der Waals surface area contributed by atoms with Gasteiger partial charge in [-0.25, -0.2) is 0 Å². The highest BCUT2D eigenvalue weighted by molar-refractivity contribution is 5.20. The van der Waals surface area contributed by atoms with Crippen LogP contribution in [0.25, 0.3) is 0 Å². The summed E-state index contributed by atoms with van der Waals surface area (Å²) < 4.78 is 0. The summed E-state index contributed by atoms with van der Waals surface area (Å²) in [6.07, 6.45) is 11.8. The standard InChI is InChI=1S/C19H28/c1-2-6-15-9-10-19-14-18(12-11-17(19)13-15)16-7-4-3-5-8-16/h3-5,7-8,15,17-19H,2,6,9-14H2,1H3/t15?,17-,18-,19-/m1/s1. The maximum Gasteiger partial charge on any atom is -0.0159 e. The lowest BCUT2D eigenvalue weighted by molar-refractivity contribution is 0.114. The summed E-state index contributed by atoms with van der Waals surface area (Å²) in [5, 5.41) is 0. The Kier molecular flexibility index (Phi) is 4.25. The quantitative estimate of drug-likeness (QED) is 0.642. The Balaban J connectivity index is 1.60. The highest BCUT2D eigenvalue weighted by Gasteiger charge is 2.35. The van der Waals surface area contributed by atoms with Crippen LogP contribution in [-0.2, 0) is 0 Å². The third-order valence-electron chi connectivity index (χ3n) is 5.69. The molecule has 3 rings (SSSR count). The van der Waals surface area contributed by atoms with E-state index in [0.29, 0.717) is 0 Å². The second kappa shape index (κ2) is 6.11. The second-order valence-electron chi connectivity index (χ2n) is 6.91. The van der Waals surface area contributed by atoms with Crippen molar-refractivity contribution in [2.45, 2.75) is 64.2 Å². The first-order valence-corrected chi connectivity index (χ1v) is 8.41. The van der Waals surface area contributed by atoms with Crippen molar-refractivity contribution in [3.05, 3.63) is 35.9 Å². The summed E-state index contributed by atoms with van der Waals surface area (Å²) in [5.41, 5.74) is 1.59. The molecule has 2 aliphatic rings. The highest BCUT2D eigenvalue weighted by atomic mass is 14.4. The van der Waals surface area contributed by atoms with E-state index in [1.54, 1.807) is 12.0 Å². The largest absolute Gasteiger partial charge is 0.0654 e. The molecule has 2 fully saturated rings. The second-order valence-corrected chi connectivity index (χ2v) is 6.91. The molecular formula is C19H28. The zero-order valence-corrected chi connectivity index (χ0v) is 12.4. The first kappa shape index (κ1) is 13.2. The molecule has 0 bridgehead atoms. The molecule has 0 saturated heterocycles. The maximum atomic E-state index is 2.35. The summed E-state index contributed by atoms with van der Waals surface area (Å²) in [4.78, 5) is 0.